The minimum atomic E-state index is -1.26. The predicted octanol–water partition coefficient (Wildman–Crippen LogP) is 3.77. The number of nitrogens with zero attached hydrogens (tertiary/aromatic N) is 2. The van der Waals surface area contributed by atoms with E-state index in [1.54, 1.807) is 19.1 Å². The van der Waals surface area contributed by atoms with Gasteiger partial charge in [-0.3, -0.25) is 14.5 Å². The Kier molecular flexibility index (Phi) is 5.40. The molecule has 2 heterocycles. The first-order chi connectivity index (χ1) is 15.4. The summed E-state index contributed by atoms with van der Waals surface area (Å²) in [4.78, 5) is 27.0. The number of ether oxygens (including phenoxy) is 2. The Bertz CT molecular complexity index is 1250. The number of hydrogen-bond acceptors (Lipinski definition) is 7. The second kappa shape index (κ2) is 8.18. The number of anilines is 1. The Morgan fingerprint density at radius 3 is 2.44 bits per heavy atom. The van der Waals surface area contributed by atoms with Gasteiger partial charge < -0.3 is 19.1 Å². The van der Waals surface area contributed by atoms with Crippen LogP contribution in [0.2, 0.25) is 0 Å². The third-order valence-corrected chi connectivity index (χ3v) is 5.16. The van der Waals surface area contributed by atoms with Gasteiger partial charge in [-0.05, 0) is 31.2 Å². The smallest absolute Gasteiger partial charge is 0.301 e. The van der Waals surface area contributed by atoms with Crippen molar-refractivity contribution in [1.82, 2.24) is 5.16 Å². The Labute approximate surface area is 182 Å². The van der Waals surface area contributed by atoms with Gasteiger partial charge in [0.05, 0.1) is 25.8 Å². The maximum atomic E-state index is 14.8. The van der Waals surface area contributed by atoms with Gasteiger partial charge in [-0.25, -0.2) is 4.39 Å². The zero-order valence-corrected chi connectivity index (χ0v) is 17.5. The van der Waals surface area contributed by atoms with E-state index in [1.807, 2.05) is 0 Å². The number of aliphatic hydroxyl groups is 1. The first-order valence-corrected chi connectivity index (χ1v) is 9.58. The molecule has 0 radical (unpaired) electrons. The second-order valence-corrected chi connectivity index (χ2v) is 7.06. The highest BCUT2D eigenvalue weighted by atomic mass is 19.1. The maximum Gasteiger partial charge on any atom is 0.301 e. The van der Waals surface area contributed by atoms with E-state index in [9.17, 15) is 19.1 Å². The molecule has 1 saturated heterocycles. The second-order valence-electron chi connectivity index (χ2n) is 7.06. The summed E-state index contributed by atoms with van der Waals surface area (Å²) in [5.41, 5.74) is -0.0688. The highest BCUT2D eigenvalue weighted by Crippen LogP contribution is 2.43. The number of ketones is 1. The molecule has 32 heavy (non-hydrogen) atoms. The van der Waals surface area contributed by atoms with E-state index in [4.69, 9.17) is 14.0 Å². The van der Waals surface area contributed by atoms with Crippen LogP contribution in [0.5, 0.6) is 11.5 Å². The molecule has 1 N–H and O–H groups in total. The molecule has 0 saturated carbocycles. The Hall–Kier alpha value is -4.14. The minimum Gasteiger partial charge on any atom is -0.507 e. The first kappa shape index (κ1) is 21.1. The number of aryl methyl sites for hydroxylation is 1. The molecule has 164 valence electrons. The molecular formula is C23H19FN2O6. The van der Waals surface area contributed by atoms with Gasteiger partial charge in [-0.15, -0.1) is 0 Å². The number of aromatic nitrogens is 1. The topological polar surface area (TPSA) is 102 Å². The number of benzene rings is 2. The third-order valence-electron chi connectivity index (χ3n) is 5.16. The number of methoxy groups -OCH3 is 2. The predicted molar refractivity (Wildman–Crippen MR) is 112 cm³/mol. The van der Waals surface area contributed by atoms with Crippen LogP contribution in [-0.2, 0) is 9.59 Å². The fourth-order valence-corrected chi connectivity index (χ4v) is 3.67. The molecule has 4 rings (SSSR count). The number of rotatable bonds is 5. The van der Waals surface area contributed by atoms with Crippen LogP contribution in [0.3, 0.4) is 0 Å². The van der Waals surface area contributed by atoms with Crippen molar-refractivity contribution in [3.05, 3.63) is 76.8 Å². The Balaban J connectivity index is 1.96. The fourth-order valence-electron chi connectivity index (χ4n) is 3.67. The zero-order valence-electron chi connectivity index (χ0n) is 17.5. The van der Waals surface area contributed by atoms with Crippen molar-refractivity contribution < 1.29 is 33.1 Å². The van der Waals surface area contributed by atoms with Crippen LogP contribution in [0.25, 0.3) is 5.76 Å². The lowest BCUT2D eigenvalue weighted by Crippen LogP contribution is -2.30. The van der Waals surface area contributed by atoms with Crippen molar-refractivity contribution in [2.24, 2.45) is 0 Å². The lowest BCUT2D eigenvalue weighted by molar-refractivity contribution is -0.132. The van der Waals surface area contributed by atoms with Gasteiger partial charge in [0.1, 0.15) is 17.3 Å². The van der Waals surface area contributed by atoms with E-state index >= 15 is 0 Å². The molecule has 1 unspecified atom stereocenters. The van der Waals surface area contributed by atoms with Gasteiger partial charge in [-0.1, -0.05) is 23.4 Å². The van der Waals surface area contributed by atoms with Crippen LogP contribution in [0.15, 0.2) is 58.6 Å². The van der Waals surface area contributed by atoms with Crippen molar-refractivity contribution in [2.45, 2.75) is 13.0 Å². The van der Waals surface area contributed by atoms with Gasteiger partial charge in [0.2, 0.25) is 0 Å². The molecule has 8 nitrogen and oxygen atoms in total. The fraction of sp³-hybridized carbons (Fsp3) is 0.174. The molecule has 1 aliphatic rings. The van der Waals surface area contributed by atoms with E-state index in [-0.39, 0.29) is 22.5 Å². The number of aliphatic hydroxyl groups excluding tert-OH is 1. The number of Topliss-reactive ketones (excluding diaryl/α,β-unsaturated/α-hetero) is 1. The molecule has 9 heteroatoms. The van der Waals surface area contributed by atoms with Crippen molar-refractivity contribution in [3.8, 4) is 11.5 Å². The van der Waals surface area contributed by atoms with Gasteiger partial charge in [0.25, 0.3) is 5.78 Å². The summed E-state index contributed by atoms with van der Waals surface area (Å²) in [5, 5.41) is 14.9. The van der Waals surface area contributed by atoms with Crippen LogP contribution in [0.1, 0.15) is 22.9 Å². The normalized spacial score (nSPS) is 17.6. The third kappa shape index (κ3) is 3.37. The first-order valence-electron chi connectivity index (χ1n) is 9.58. The average Bonchev–Trinajstić information content (AvgIpc) is 3.33. The van der Waals surface area contributed by atoms with Crippen LogP contribution >= 0.6 is 0 Å². The van der Waals surface area contributed by atoms with E-state index in [0.717, 1.165) is 4.90 Å². The van der Waals surface area contributed by atoms with Gasteiger partial charge in [0.15, 0.2) is 17.3 Å². The summed E-state index contributed by atoms with van der Waals surface area (Å²) >= 11 is 0. The quantitative estimate of drug-likeness (QED) is 0.368. The highest BCUT2D eigenvalue weighted by Gasteiger charge is 2.49. The van der Waals surface area contributed by atoms with Crippen LogP contribution < -0.4 is 14.4 Å². The molecule has 0 bridgehead atoms. The number of hydrogen-bond donors (Lipinski definition) is 1. The maximum absolute atomic E-state index is 14.8. The summed E-state index contributed by atoms with van der Waals surface area (Å²) in [6, 6.07) is 10.4. The summed E-state index contributed by atoms with van der Waals surface area (Å²) in [5.74, 6) is -1.94. The van der Waals surface area contributed by atoms with Crippen molar-refractivity contribution >= 4 is 23.3 Å². The molecule has 2 aromatic carbocycles. The number of carbonyl (C=O) groups is 2. The summed E-state index contributed by atoms with van der Waals surface area (Å²) in [6.07, 6.45) is 0. The Morgan fingerprint density at radius 2 is 1.81 bits per heavy atom. The molecule has 1 amide bonds. The monoisotopic (exact) mass is 438 g/mol. The summed E-state index contributed by atoms with van der Waals surface area (Å²) < 4.78 is 30.3. The van der Waals surface area contributed by atoms with E-state index < -0.39 is 29.3 Å². The average molecular weight is 438 g/mol. The summed E-state index contributed by atoms with van der Waals surface area (Å²) in [6.45, 7) is 1.62. The SMILES string of the molecule is COc1ccc(/C(O)=C2\C(=O)C(=O)N(c3cc(C)on3)C2c2ccccc2F)cc1OC. The molecule has 0 spiro atoms. The lowest BCUT2D eigenvalue weighted by atomic mass is 9.95. The van der Waals surface area contributed by atoms with E-state index in [0.29, 0.717) is 17.3 Å². The standard InChI is InChI=1S/C23H19FN2O6/c1-12-10-18(25-32-12)26-20(14-6-4-5-7-15(14)24)19(22(28)23(26)29)21(27)13-8-9-16(30-2)17(11-13)31-3/h4-11,20,27H,1-3H3/b21-19+. The van der Waals surface area contributed by atoms with Crippen molar-refractivity contribution in [3.63, 3.8) is 0 Å². The molecule has 1 aromatic heterocycles. The van der Waals surface area contributed by atoms with Crippen LogP contribution in [0.4, 0.5) is 10.2 Å². The summed E-state index contributed by atoms with van der Waals surface area (Å²) in [7, 11) is 2.88. The van der Waals surface area contributed by atoms with Gasteiger partial charge in [0, 0.05) is 17.2 Å². The van der Waals surface area contributed by atoms with Crippen LogP contribution in [0, 0.1) is 12.7 Å². The zero-order chi connectivity index (χ0) is 23.0. The minimum absolute atomic E-state index is 0.0226. The van der Waals surface area contributed by atoms with E-state index in [1.165, 1.54) is 50.6 Å². The number of amides is 1. The highest BCUT2D eigenvalue weighted by molar-refractivity contribution is 6.51. The molecule has 1 aliphatic heterocycles. The lowest BCUT2D eigenvalue weighted by Gasteiger charge is -2.23. The molecule has 1 fully saturated rings. The van der Waals surface area contributed by atoms with Gasteiger partial charge >= 0.3 is 5.91 Å². The Morgan fingerprint density at radius 1 is 1.09 bits per heavy atom. The largest absolute Gasteiger partial charge is 0.507 e. The van der Waals surface area contributed by atoms with Gasteiger partial charge in [-0.2, -0.15) is 0 Å². The van der Waals surface area contributed by atoms with E-state index in [2.05, 4.69) is 5.16 Å². The van der Waals surface area contributed by atoms with Crippen LogP contribution in [-0.4, -0.2) is 36.2 Å². The molecular weight excluding hydrogens is 419 g/mol. The molecule has 0 aliphatic carbocycles. The number of carbonyl (C=O) groups excluding carboxylic acids is 2. The van der Waals surface area contributed by atoms with Crippen molar-refractivity contribution in [2.75, 3.05) is 19.1 Å². The molecule has 1 atom stereocenters. The van der Waals surface area contributed by atoms with Crippen molar-refractivity contribution in [1.29, 1.82) is 0 Å². The number of halogens is 1. The molecule has 3 aromatic rings.